The van der Waals surface area contributed by atoms with Crippen LogP contribution in [0, 0.1) is 17.1 Å². The molecule has 1 amide bonds. The first kappa shape index (κ1) is 22.0. The van der Waals surface area contributed by atoms with Crippen molar-refractivity contribution < 1.29 is 22.7 Å². The van der Waals surface area contributed by atoms with Gasteiger partial charge in [0, 0.05) is 17.4 Å². The summed E-state index contributed by atoms with van der Waals surface area (Å²) in [4.78, 5) is 20.5. The zero-order valence-corrected chi connectivity index (χ0v) is 16.5. The number of hydrogen-bond donors (Lipinski definition) is 3. The van der Waals surface area contributed by atoms with Crippen molar-refractivity contribution in [1.82, 2.24) is 4.98 Å². The van der Waals surface area contributed by atoms with E-state index >= 15 is 0 Å². The average Bonchev–Trinajstić information content (AvgIpc) is 2.75. The van der Waals surface area contributed by atoms with Crippen LogP contribution in [-0.2, 0) is 10.3 Å². The van der Waals surface area contributed by atoms with Crippen molar-refractivity contribution in [3.8, 4) is 6.07 Å². The number of nitrogen functional groups attached to an aromatic ring is 1. The Kier molecular flexibility index (Phi) is 5.85. The van der Waals surface area contributed by atoms with Gasteiger partial charge in [0.15, 0.2) is 11.3 Å². The second-order valence-corrected chi connectivity index (χ2v) is 7.24. The van der Waals surface area contributed by atoms with Crippen LogP contribution in [0.2, 0.25) is 0 Å². The molecular weight excluding hydrogens is 413 g/mol. The number of pyridine rings is 1. The Hall–Kier alpha value is -3.65. The highest BCUT2D eigenvalue weighted by molar-refractivity contribution is 6.06. The molecule has 162 valence electrons. The quantitative estimate of drug-likeness (QED) is 0.662. The third kappa shape index (κ3) is 4.02. The molecule has 5 N–H and O–H groups in total. The molecule has 1 aliphatic heterocycles. The van der Waals surface area contributed by atoms with Crippen molar-refractivity contribution >= 4 is 23.1 Å². The predicted octanol–water partition coefficient (Wildman–Crippen LogP) is 2.21. The maximum Gasteiger partial charge on any atom is 0.276 e. The SMILES string of the molecule is CC1(c2cc(NC(=O)c3ncc(C#N)cc3N)ccc2F)COC(CF)(CF)C(N)=N1. The molecule has 1 aliphatic rings. The minimum absolute atomic E-state index is 0.000302. The monoisotopic (exact) mass is 432 g/mol. The Morgan fingerprint density at radius 2 is 2.03 bits per heavy atom. The summed E-state index contributed by atoms with van der Waals surface area (Å²) in [7, 11) is 0. The number of anilines is 2. The van der Waals surface area contributed by atoms with Gasteiger partial charge in [-0.2, -0.15) is 5.26 Å². The van der Waals surface area contributed by atoms with E-state index in [2.05, 4.69) is 15.3 Å². The third-order valence-electron chi connectivity index (χ3n) is 4.96. The second kappa shape index (κ2) is 8.23. The molecular formula is C20H19F3N6O2. The zero-order valence-electron chi connectivity index (χ0n) is 16.5. The molecule has 1 aromatic carbocycles. The number of nitrogens with one attached hydrogen (secondary N) is 1. The Morgan fingerprint density at radius 3 is 2.61 bits per heavy atom. The number of ether oxygens (including phenoxy) is 1. The molecule has 0 radical (unpaired) electrons. The fraction of sp³-hybridized carbons (Fsp3) is 0.300. The van der Waals surface area contributed by atoms with Gasteiger partial charge in [0.05, 0.1) is 17.9 Å². The number of carbonyl (C=O) groups excluding carboxylic acids is 1. The van der Waals surface area contributed by atoms with Crippen LogP contribution in [0.25, 0.3) is 0 Å². The van der Waals surface area contributed by atoms with Crippen molar-refractivity contribution in [2.45, 2.75) is 18.1 Å². The third-order valence-corrected chi connectivity index (χ3v) is 4.96. The molecule has 0 bridgehead atoms. The first-order chi connectivity index (χ1) is 14.7. The Balaban J connectivity index is 1.92. The van der Waals surface area contributed by atoms with Crippen LogP contribution in [0.4, 0.5) is 24.5 Å². The van der Waals surface area contributed by atoms with Crippen LogP contribution in [-0.4, -0.2) is 42.3 Å². The van der Waals surface area contributed by atoms with Crippen LogP contribution in [0.1, 0.15) is 28.5 Å². The van der Waals surface area contributed by atoms with Gasteiger partial charge in [-0.25, -0.2) is 18.2 Å². The topological polar surface area (TPSA) is 139 Å². The number of amidine groups is 1. The molecule has 0 fully saturated rings. The van der Waals surface area contributed by atoms with Gasteiger partial charge in [0.2, 0.25) is 0 Å². The maximum atomic E-state index is 14.6. The molecule has 0 spiro atoms. The fourth-order valence-corrected chi connectivity index (χ4v) is 3.08. The molecule has 3 rings (SSSR count). The van der Waals surface area contributed by atoms with Crippen molar-refractivity contribution in [1.29, 1.82) is 5.26 Å². The molecule has 0 saturated heterocycles. The van der Waals surface area contributed by atoms with E-state index in [0.717, 1.165) is 6.07 Å². The van der Waals surface area contributed by atoms with E-state index < -0.39 is 42.0 Å². The molecule has 2 heterocycles. The van der Waals surface area contributed by atoms with E-state index in [9.17, 15) is 18.0 Å². The Morgan fingerprint density at radius 1 is 1.32 bits per heavy atom. The smallest absolute Gasteiger partial charge is 0.276 e. The summed E-state index contributed by atoms with van der Waals surface area (Å²) < 4.78 is 46.5. The van der Waals surface area contributed by atoms with Gasteiger partial charge >= 0.3 is 0 Å². The van der Waals surface area contributed by atoms with Crippen LogP contribution >= 0.6 is 0 Å². The van der Waals surface area contributed by atoms with E-state index in [1.54, 1.807) is 0 Å². The second-order valence-electron chi connectivity index (χ2n) is 7.24. The minimum atomic E-state index is -1.99. The number of aromatic nitrogens is 1. The number of nitrogens with zero attached hydrogens (tertiary/aromatic N) is 3. The van der Waals surface area contributed by atoms with Crippen molar-refractivity contribution in [3.63, 3.8) is 0 Å². The largest absolute Gasteiger partial charge is 0.397 e. The van der Waals surface area contributed by atoms with Gasteiger partial charge in [-0.1, -0.05) is 0 Å². The Labute approximate surface area is 175 Å². The van der Waals surface area contributed by atoms with Gasteiger partial charge in [-0.3, -0.25) is 9.79 Å². The summed E-state index contributed by atoms with van der Waals surface area (Å²) in [5.74, 6) is -1.78. The number of amides is 1. The van der Waals surface area contributed by atoms with E-state index in [1.165, 1.54) is 31.3 Å². The first-order valence-corrected chi connectivity index (χ1v) is 9.07. The fourth-order valence-electron chi connectivity index (χ4n) is 3.08. The van der Waals surface area contributed by atoms with E-state index in [-0.39, 0.29) is 34.8 Å². The summed E-state index contributed by atoms with van der Waals surface area (Å²) in [6, 6.07) is 6.88. The highest BCUT2D eigenvalue weighted by Gasteiger charge is 2.45. The normalized spacial score (nSPS) is 19.9. The molecule has 2 aromatic rings. The number of benzene rings is 1. The van der Waals surface area contributed by atoms with Gasteiger partial charge in [0.25, 0.3) is 5.91 Å². The number of hydrogen-bond acceptors (Lipinski definition) is 7. The first-order valence-electron chi connectivity index (χ1n) is 9.07. The maximum absolute atomic E-state index is 14.6. The molecule has 31 heavy (non-hydrogen) atoms. The zero-order chi connectivity index (χ0) is 22.8. The van der Waals surface area contributed by atoms with Crippen LogP contribution in [0.3, 0.4) is 0 Å². The molecule has 0 aliphatic carbocycles. The number of alkyl halides is 2. The summed E-state index contributed by atoms with van der Waals surface area (Å²) in [5, 5.41) is 11.4. The molecule has 1 unspecified atom stereocenters. The van der Waals surface area contributed by atoms with Crippen LogP contribution < -0.4 is 16.8 Å². The van der Waals surface area contributed by atoms with E-state index in [1.807, 2.05) is 6.07 Å². The van der Waals surface area contributed by atoms with Crippen LogP contribution in [0.5, 0.6) is 0 Å². The lowest BCUT2D eigenvalue weighted by atomic mass is 9.89. The highest BCUT2D eigenvalue weighted by Crippen LogP contribution is 2.36. The lowest BCUT2D eigenvalue weighted by Gasteiger charge is -2.39. The molecule has 1 atom stereocenters. The summed E-state index contributed by atoms with van der Waals surface area (Å²) in [6.07, 6.45) is 1.20. The van der Waals surface area contributed by atoms with E-state index in [4.69, 9.17) is 21.5 Å². The number of rotatable bonds is 5. The summed E-state index contributed by atoms with van der Waals surface area (Å²) >= 11 is 0. The standard InChI is InChI=1S/C20H19F3N6O2/c1-19(10-31-20(8-21,9-22)18(26)29-19)13-5-12(2-3-14(13)23)28-17(30)16-15(25)4-11(6-24)7-27-16/h2-5,7H,8-10,25H2,1H3,(H2,26,29)(H,28,30). The predicted molar refractivity (Wildman–Crippen MR) is 107 cm³/mol. The highest BCUT2D eigenvalue weighted by atomic mass is 19.1. The molecule has 8 nitrogen and oxygen atoms in total. The summed E-state index contributed by atoms with van der Waals surface area (Å²) in [6.45, 7) is -1.27. The van der Waals surface area contributed by atoms with Crippen molar-refractivity contribution in [2.75, 3.05) is 31.0 Å². The van der Waals surface area contributed by atoms with Gasteiger partial charge in [-0.15, -0.1) is 0 Å². The molecule has 0 saturated carbocycles. The lowest BCUT2D eigenvalue weighted by Crippen LogP contribution is -2.56. The number of nitriles is 1. The minimum Gasteiger partial charge on any atom is -0.397 e. The van der Waals surface area contributed by atoms with E-state index in [0.29, 0.717) is 0 Å². The lowest BCUT2D eigenvalue weighted by molar-refractivity contribution is -0.0575. The average molecular weight is 432 g/mol. The van der Waals surface area contributed by atoms with Gasteiger partial charge < -0.3 is 21.5 Å². The van der Waals surface area contributed by atoms with Crippen molar-refractivity contribution in [2.24, 2.45) is 10.7 Å². The Bertz CT molecular complexity index is 1100. The van der Waals surface area contributed by atoms with Gasteiger partial charge in [-0.05, 0) is 31.2 Å². The van der Waals surface area contributed by atoms with Crippen molar-refractivity contribution in [3.05, 3.63) is 53.1 Å². The molecule has 11 heteroatoms. The summed E-state index contributed by atoms with van der Waals surface area (Å²) in [5.41, 5.74) is 8.40. The van der Waals surface area contributed by atoms with Crippen LogP contribution in [0.15, 0.2) is 35.5 Å². The number of halogens is 3. The van der Waals surface area contributed by atoms with Gasteiger partial charge in [0.1, 0.15) is 36.6 Å². The number of aliphatic imine (C=N–C) groups is 1. The number of nitrogens with two attached hydrogens (primary N) is 2. The number of carbonyl (C=O) groups is 1. The molecule has 1 aromatic heterocycles.